The van der Waals surface area contributed by atoms with Crippen molar-refractivity contribution in [3.8, 4) is 0 Å². The van der Waals surface area contributed by atoms with Crippen LogP contribution >= 0.6 is 11.6 Å². The Morgan fingerprint density at radius 2 is 2.06 bits per heavy atom. The summed E-state index contributed by atoms with van der Waals surface area (Å²) in [6.45, 7) is 4.75. The van der Waals surface area contributed by atoms with Crippen LogP contribution in [0.25, 0.3) is 0 Å². The van der Waals surface area contributed by atoms with Gasteiger partial charge in [-0.3, -0.25) is 4.79 Å². The van der Waals surface area contributed by atoms with Crippen LogP contribution < -0.4 is 9.80 Å². The molecule has 0 saturated carbocycles. The van der Waals surface area contributed by atoms with Crippen molar-refractivity contribution < 1.29 is 4.79 Å². The van der Waals surface area contributed by atoms with Crippen molar-refractivity contribution in [1.82, 2.24) is 0 Å². The smallest absolute Gasteiger partial charge is 0.229 e. The van der Waals surface area contributed by atoms with Gasteiger partial charge in [-0.05, 0) is 26.0 Å². The van der Waals surface area contributed by atoms with E-state index in [1.807, 2.05) is 39.1 Å². The Hall–Kier alpha value is -1.22. The second-order valence-corrected chi connectivity index (χ2v) is 5.04. The van der Waals surface area contributed by atoms with Crippen LogP contribution in [-0.4, -0.2) is 25.5 Å². The summed E-state index contributed by atoms with van der Waals surface area (Å²) in [5.41, 5.74) is 1.87. The van der Waals surface area contributed by atoms with E-state index in [9.17, 15) is 4.79 Å². The van der Waals surface area contributed by atoms with E-state index in [-0.39, 0.29) is 11.9 Å². The van der Waals surface area contributed by atoms with Crippen LogP contribution in [0.15, 0.2) is 18.2 Å². The first kappa shape index (κ1) is 12.2. The van der Waals surface area contributed by atoms with E-state index in [0.29, 0.717) is 11.4 Å². The molecule has 17 heavy (non-hydrogen) atoms. The second kappa shape index (κ2) is 4.57. The van der Waals surface area contributed by atoms with E-state index in [0.717, 1.165) is 17.9 Å². The first-order valence-electron chi connectivity index (χ1n) is 5.84. The van der Waals surface area contributed by atoms with Gasteiger partial charge in [0.2, 0.25) is 5.91 Å². The molecule has 1 aliphatic heterocycles. The lowest BCUT2D eigenvalue weighted by molar-refractivity contribution is -0.118. The standard InChI is InChI=1S/C13H17ClN2O/c1-9(2)16-12(17)7-8-15(3)11-6-4-5-10(14)13(11)16/h4-6,9H,7-8H2,1-3H3. The highest BCUT2D eigenvalue weighted by Crippen LogP contribution is 2.39. The molecule has 1 aromatic rings. The molecule has 1 aliphatic rings. The zero-order valence-electron chi connectivity index (χ0n) is 10.4. The zero-order chi connectivity index (χ0) is 12.6. The molecule has 0 fully saturated rings. The zero-order valence-corrected chi connectivity index (χ0v) is 11.2. The molecule has 1 heterocycles. The van der Waals surface area contributed by atoms with Crippen LogP contribution in [0.2, 0.25) is 5.02 Å². The average Bonchev–Trinajstić information content (AvgIpc) is 2.39. The van der Waals surface area contributed by atoms with Crippen LogP contribution in [0.3, 0.4) is 0 Å². The molecule has 3 nitrogen and oxygen atoms in total. The number of carbonyl (C=O) groups is 1. The van der Waals surface area contributed by atoms with Crippen LogP contribution in [0, 0.1) is 0 Å². The summed E-state index contributed by atoms with van der Waals surface area (Å²) in [5.74, 6) is 0.138. The number of halogens is 1. The molecule has 0 aromatic heterocycles. The summed E-state index contributed by atoms with van der Waals surface area (Å²) in [6.07, 6.45) is 0.527. The highest BCUT2D eigenvalue weighted by Gasteiger charge is 2.28. The third-order valence-electron chi connectivity index (χ3n) is 3.06. The molecule has 2 rings (SSSR count). The predicted octanol–water partition coefficient (Wildman–Crippen LogP) is 2.92. The fourth-order valence-corrected chi connectivity index (χ4v) is 2.49. The molecule has 0 unspecified atom stereocenters. The molecule has 92 valence electrons. The maximum Gasteiger partial charge on any atom is 0.229 e. The van der Waals surface area contributed by atoms with E-state index in [1.54, 1.807) is 4.90 Å². The Kier molecular flexibility index (Phi) is 3.29. The van der Waals surface area contributed by atoms with E-state index in [4.69, 9.17) is 11.6 Å². The minimum Gasteiger partial charge on any atom is -0.372 e. The van der Waals surface area contributed by atoms with E-state index in [2.05, 4.69) is 4.90 Å². The van der Waals surface area contributed by atoms with Crippen molar-refractivity contribution in [3.63, 3.8) is 0 Å². The number of amides is 1. The molecule has 0 saturated heterocycles. The van der Waals surface area contributed by atoms with Crippen molar-refractivity contribution in [2.75, 3.05) is 23.4 Å². The molecule has 0 spiro atoms. The number of carbonyl (C=O) groups excluding carboxylic acids is 1. The lowest BCUT2D eigenvalue weighted by Crippen LogP contribution is -2.36. The molecular weight excluding hydrogens is 236 g/mol. The number of fused-ring (bicyclic) bond motifs is 1. The average molecular weight is 253 g/mol. The maximum atomic E-state index is 12.2. The summed E-state index contributed by atoms with van der Waals surface area (Å²) in [7, 11) is 1.99. The van der Waals surface area contributed by atoms with E-state index < -0.39 is 0 Å². The topological polar surface area (TPSA) is 23.6 Å². The summed E-state index contributed by atoms with van der Waals surface area (Å²) in [5, 5.41) is 0.637. The van der Waals surface area contributed by atoms with Gasteiger partial charge in [-0.2, -0.15) is 0 Å². The normalized spacial score (nSPS) is 16.2. The minimum atomic E-state index is 0.118. The van der Waals surface area contributed by atoms with Crippen LogP contribution in [0.1, 0.15) is 20.3 Å². The minimum absolute atomic E-state index is 0.118. The fraction of sp³-hybridized carbons (Fsp3) is 0.462. The quantitative estimate of drug-likeness (QED) is 0.767. The molecule has 0 atom stereocenters. The van der Waals surface area contributed by atoms with Crippen molar-refractivity contribution in [2.45, 2.75) is 26.3 Å². The Morgan fingerprint density at radius 1 is 1.35 bits per heavy atom. The Labute approximate surface area is 107 Å². The highest BCUT2D eigenvalue weighted by atomic mass is 35.5. The van der Waals surface area contributed by atoms with Crippen LogP contribution in [0.5, 0.6) is 0 Å². The Bertz CT molecular complexity index is 445. The molecule has 0 N–H and O–H groups in total. The van der Waals surface area contributed by atoms with Gasteiger partial charge in [-0.1, -0.05) is 17.7 Å². The molecule has 1 amide bonds. The van der Waals surface area contributed by atoms with Gasteiger partial charge in [-0.25, -0.2) is 0 Å². The number of para-hydroxylation sites is 1. The van der Waals surface area contributed by atoms with Crippen LogP contribution in [0.4, 0.5) is 11.4 Å². The summed E-state index contributed by atoms with van der Waals surface area (Å²) in [4.78, 5) is 16.0. The molecule has 0 bridgehead atoms. The van der Waals surface area contributed by atoms with Gasteiger partial charge in [0, 0.05) is 26.1 Å². The monoisotopic (exact) mass is 252 g/mol. The summed E-state index contributed by atoms with van der Waals surface area (Å²) >= 11 is 6.26. The van der Waals surface area contributed by atoms with Crippen LogP contribution in [-0.2, 0) is 4.79 Å². The van der Waals surface area contributed by atoms with Crippen molar-refractivity contribution in [2.24, 2.45) is 0 Å². The lowest BCUT2D eigenvalue weighted by Gasteiger charge is -2.28. The van der Waals surface area contributed by atoms with Gasteiger partial charge < -0.3 is 9.80 Å². The maximum absolute atomic E-state index is 12.2. The van der Waals surface area contributed by atoms with Gasteiger partial charge >= 0.3 is 0 Å². The third-order valence-corrected chi connectivity index (χ3v) is 3.37. The Morgan fingerprint density at radius 3 is 2.71 bits per heavy atom. The van der Waals surface area contributed by atoms with E-state index >= 15 is 0 Å². The highest BCUT2D eigenvalue weighted by molar-refractivity contribution is 6.34. The second-order valence-electron chi connectivity index (χ2n) is 4.64. The molecule has 0 radical (unpaired) electrons. The largest absolute Gasteiger partial charge is 0.372 e. The lowest BCUT2D eigenvalue weighted by atomic mass is 10.2. The van der Waals surface area contributed by atoms with Gasteiger partial charge in [-0.15, -0.1) is 0 Å². The number of hydrogen-bond donors (Lipinski definition) is 0. The van der Waals surface area contributed by atoms with Gasteiger partial charge in [0.1, 0.15) is 0 Å². The van der Waals surface area contributed by atoms with Crippen molar-refractivity contribution >= 4 is 28.9 Å². The number of anilines is 2. The van der Waals surface area contributed by atoms with Gasteiger partial charge in [0.25, 0.3) is 0 Å². The summed E-state index contributed by atoms with van der Waals surface area (Å²) in [6, 6.07) is 5.89. The third kappa shape index (κ3) is 2.12. The van der Waals surface area contributed by atoms with Crippen molar-refractivity contribution in [1.29, 1.82) is 0 Å². The first-order chi connectivity index (χ1) is 8.02. The molecule has 4 heteroatoms. The van der Waals surface area contributed by atoms with E-state index in [1.165, 1.54) is 0 Å². The molecule has 0 aliphatic carbocycles. The SMILES string of the molecule is CC(C)N1C(=O)CCN(C)c2cccc(Cl)c21. The van der Waals surface area contributed by atoms with Gasteiger partial charge in [0.05, 0.1) is 16.4 Å². The number of benzene rings is 1. The predicted molar refractivity (Wildman–Crippen MR) is 72.0 cm³/mol. The Balaban J connectivity index is 2.62. The number of hydrogen-bond acceptors (Lipinski definition) is 2. The number of rotatable bonds is 1. The van der Waals surface area contributed by atoms with Crippen molar-refractivity contribution in [3.05, 3.63) is 23.2 Å². The van der Waals surface area contributed by atoms with Gasteiger partial charge in [0.15, 0.2) is 0 Å². The molecular formula is C13H17ClN2O. The first-order valence-corrected chi connectivity index (χ1v) is 6.22. The fourth-order valence-electron chi connectivity index (χ4n) is 2.23. The number of nitrogens with zero attached hydrogens (tertiary/aromatic N) is 2. The summed E-state index contributed by atoms with van der Waals surface area (Å²) < 4.78 is 0. The molecule has 1 aromatic carbocycles.